The van der Waals surface area contributed by atoms with Crippen molar-refractivity contribution < 1.29 is 4.92 Å². The number of aliphatic imine (C=N–C) groups is 1. The number of hydrogen-bond donors (Lipinski definition) is 2. The molecule has 0 radical (unpaired) electrons. The van der Waals surface area contributed by atoms with Crippen molar-refractivity contribution >= 4 is 17.5 Å². The molecule has 7 heteroatoms. The van der Waals surface area contributed by atoms with Crippen molar-refractivity contribution in [1.29, 1.82) is 0 Å². The van der Waals surface area contributed by atoms with E-state index in [1.807, 2.05) is 30.3 Å². The lowest BCUT2D eigenvalue weighted by Crippen LogP contribution is -2.24. The summed E-state index contributed by atoms with van der Waals surface area (Å²) < 4.78 is 0. The summed E-state index contributed by atoms with van der Waals surface area (Å²) in [4.78, 5) is 18.4. The second kappa shape index (κ2) is 6.99. The molecular weight excluding hydrogens is 270 g/mol. The smallest absolute Gasteiger partial charge is 0.311 e. The van der Waals surface area contributed by atoms with Gasteiger partial charge in [0.1, 0.15) is 0 Å². The Hall–Kier alpha value is -2.96. The first-order valence-corrected chi connectivity index (χ1v) is 6.37. The number of pyridine rings is 1. The Kier molecular flexibility index (Phi) is 4.81. The molecular formula is C14H15N5O2. The van der Waals surface area contributed by atoms with E-state index in [-0.39, 0.29) is 17.5 Å². The monoisotopic (exact) mass is 285 g/mol. The van der Waals surface area contributed by atoms with Crippen LogP contribution in [0, 0.1) is 10.1 Å². The SMILES string of the molecule is NC(=NCCc1ccccc1)Nc1ncccc1[N+](=O)[O-]. The molecule has 0 aliphatic carbocycles. The summed E-state index contributed by atoms with van der Waals surface area (Å²) in [6, 6.07) is 12.7. The Morgan fingerprint density at radius 1 is 1.29 bits per heavy atom. The zero-order valence-corrected chi connectivity index (χ0v) is 11.3. The van der Waals surface area contributed by atoms with Crippen LogP contribution in [0.5, 0.6) is 0 Å². The Morgan fingerprint density at radius 2 is 2.05 bits per heavy atom. The maximum absolute atomic E-state index is 10.8. The average Bonchev–Trinajstić information content (AvgIpc) is 2.48. The molecule has 3 N–H and O–H groups in total. The van der Waals surface area contributed by atoms with Crippen LogP contribution in [0.2, 0.25) is 0 Å². The summed E-state index contributed by atoms with van der Waals surface area (Å²) in [5.74, 6) is 0.191. The van der Waals surface area contributed by atoms with Crippen molar-refractivity contribution in [2.24, 2.45) is 10.7 Å². The highest BCUT2D eigenvalue weighted by atomic mass is 16.6. The first-order valence-electron chi connectivity index (χ1n) is 6.37. The molecule has 1 heterocycles. The summed E-state index contributed by atoms with van der Waals surface area (Å²) >= 11 is 0. The highest BCUT2D eigenvalue weighted by Gasteiger charge is 2.14. The Morgan fingerprint density at radius 3 is 2.76 bits per heavy atom. The zero-order valence-electron chi connectivity index (χ0n) is 11.3. The molecule has 7 nitrogen and oxygen atoms in total. The van der Waals surface area contributed by atoms with Crippen LogP contribution >= 0.6 is 0 Å². The van der Waals surface area contributed by atoms with E-state index in [2.05, 4.69) is 15.3 Å². The molecule has 1 aromatic carbocycles. The van der Waals surface area contributed by atoms with Crippen LogP contribution in [-0.2, 0) is 6.42 Å². The first-order chi connectivity index (χ1) is 10.2. The minimum absolute atomic E-state index is 0.0865. The Bertz CT molecular complexity index is 643. The van der Waals surface area contributed by atoms with E-state index in [1.54, 1.807) is 0 Å². The van der Waals surface area contributed by atoms with Gasteiger partial charge in [-0.3, -0.25) is 15.1 Å². The molecule has 0 fully saturated rings. The third-order valence-corrected chi connectivity index (χ3v) is 2.76. The fourth-order valence-electron chi connectivity index (χ4n) is 1.75. The van der Waals surface area contributed by atoms with Gasteiger partial charge in [-0.1, -0.05) is 30.3 Å². The van der Waals surface area contributed by atoms with Gasteiger partial charge in [0.25, 0.3) is 0 Å². The van der Waals surface area contributed by atoms with Crippen molar-refractivity contribution in [3.05, 3.63) is 64.3 Å². The van der Waals surface area contributed by atoms with Gasteiger partial charge in [-0.05, 0) is 18.1 Å². The maximum atomic E-state index is 10.8. The zero-order chi connectivity index (χ0) is 15.1. The van der Waals surface area contributed by atoms with Crippen LogP contribution < -0.4 is 11.1 Å². The summed E-state index contributed by atoms with van der Waals surface area (Å²) in [6.45, 7) is 0.490. The third-order valence-electron chi connectivity index (χ3n) is 2.76. The molecule has 2 aromatic rings. The number of nitrogens with zero attached hydrogens (tertiary/aromatic N) is 3. The molecule has 0 spiro atoms. The first kappa shape index (κ1) is 14.4. The second-order valence-corrected chi connectivity index (χ2v) is 4.26. The molecule has 0 atom stereocenters. The molecule has 0 unspecified atom stereocenters. The van der Waals surface area contributed by atoms with Gasteiger partial charge in [-0.15, -0.1) is 0 Å². The number of rotatable bonds is 5. The Labute approximate surface area is 121 Å². The van der Waals surface area contributed by atoms with E-state index >= 15 is 0 Å². The predicted molar refractivity (Wildman–Crippen MR) is 81.1 cm³/mol. The van der Waals surface area contributed by atoms with Crippen LogP contribution in [0.25, 0.3) is 0 Å². The van der Waals surface area contributed by atoms with Crippen LogP contribution in [0.4, 0.5) is 11.5 Å². The van der Waals surface area contributed by atoms with E-state index in [0.29, 0.717) is 6.54 Å². The molecule has 0 amide bonds. The Balaban J connectivity index is 1.96. The fourth-order valence-corrected chi connectivity index (χ4v) is 1.75. The van der Waals surface area contributed by atoms with E-state index in [4.69, 9.17) is 5.73 Å². The average molecular weight is 285 g/mol. The standard InChI is InChI=1S/C14H15N5O2/c15-14(17-10-8-11-5-2-1-3-6-11)18-13-12(19(20)21)7-4-9-16-13/h1-7,9H,8,10H2,(H3,15,16,17,18). The number of nitro groups is 1. The summed E-state index contributed by atoms with van der Waals surface area (Å²) in [5, 5.41) is 13.5. The van der Waals surface area contributed by atoms with E-state index in [1.165, 1.54) is 18.3 Å². The maximum Gasteiger partial charge on any atom is 0.311 e. The number of hydrogen-bond acceptors (Lipinski definition) is 4. The quantitative estimate of drug-likeness (QED) is 0.378. The van der Waals surface area contributed by atoms with Crippen molar-refractivity contribution in [2.75, 3.05) is 11.9 Å². The van der Waals surface area contributed by atoms with Gasteiger partial charge in [0.15, 0.2) is 5.96 Å². The summed E-state index contributed by atoms with van der Waals surface area (Å²) in [5.41, 5.74) is 6.73. The largest absolute Gasteiger partial charge is 0.370 e. The van der Waals surface area contributed by atoms with Crippen molar-refractivity contribution in [3.8, 4) is 0 Å². The topological polar surface area (TPSA) is 106 Å². The van der Waals surface area contributed by atoms with Gasteiger partial charge in [-0.2, -0.15) is 0 Å². The number of guanidine groups is 1. The van der Waals surface area contributed by atoms with Gasteiger partial charge in [0.05, 0.1) is 4.92 Å². The van der Waals surface area contributed by atoms with Crippen molar-refractivity contribution in [3.63, 3.8) is 0 Å². The van der Waals surface area contributed by atoms with Gasteiger partial charge < -0.3 is 11.1 Å². The molecule has 0 saturated carbocycles. The fraction of sp³-hybridized carbons (Fsp3) is 0.143. The number of benzene rings is 1. The van der Waals surface area contributed by atoms with E-state index < -0.39 is 4.92 Å². The predicted octanol–water partition coefficient (Wildman–Crippen LogP) is 1.96. The summed E-state index contributed by atoms with van der Waals surface area (Å²) in [6.07, 6.45) is 2.19. The second-order valence-electron chi connectivity index (χ2n) is 4.26. The highest BCUT2D eigenvalue weighted by Crippen LogP contribution is 2.19. The van der Waals surface area contributed by atoms with Crippen molar-refractivity contribution in [1.82, 2.24) is 4.98 Å². The van der Waals surface area contributed by atoms with Gasteiger partial charge in [0, 0.05) is 18.8 Å². The lowest BCUT2D eigenvalue weighted by atomic mass is 10.2. The lowest BCUT2D eigenvalue weighted by molar-refractivity contribution is -0.384. The lowest BCUT2D eigenvalue weighted by Gasteiger charge is -2.05. The van der Waals surface area contributed by atoms with Crippen LogP contribution in [0.15, 0.2) is 53.7 Å². The molecule has 0 aliphatic heterocycles. The van der Waals surface area contributed by atoms with Crippen molar-refractivity contribution in [2.45, 2.75) is 6.42 Å². The van der Waals surface area contributed by atoms with E-state index in [0.717, 1.165) is 12.0 Å². The molecule has 0 saturated heterocycles. The number of anilines is 1. The van der Waals surface area contributed by atoms with Gasteiger partial charge in [-0.25, -0.2) is 4.98 Å². The molecule has 108 valence electrons. The molecule has 0 aliphatic rings. The van der Waals surface area contributed by atoms with E-state index in [9.17, 15) is 10.1 Å². The van der Waals surface area contributed by atoms with Crippen LogP contribution in [-0.4, -0.2) is 22.4 Å². The molecule has 21 heavy (non-hydrogen) atoms. The molecule has 0 bridgehead atoms. The molecule has 2 rings (SSSR count). The normalized spacial score (nSPS) is 11.1. The minimum Gasteiger partial charge on any atom is -0.370 e. The molecule has 1 aromatic heterocycles. The van der Waals surface area contributed by atoms with Crippen LogP contribution in [0.3, 0.4) is 0 Å². The number of aromatic nitrogens is 1. The minimum atomic E-state index is -0.521. The number of nitrogens with one attached hydrogen (secondary N) is 1. The van der Waals surface area contributed by atoms with Gasteiger partial charge in [0.2, 0.25) is 5.82 Å². The highest BCUT2D eigenvalue weighted by molar-refractivity contribution is 5.93. The van der Waals surface area contributed by atoms with Gasteiger partial charge >= 0.3 is 5.69 Å². The summed E-state index contributed by atoms with van der Waals surface area (Å²) in [7, 11) is 0. The van der Waals surface area contributed by atoms with Crippen LogP contribution in [0.1, 0.15) is 5.56 Å². The number of nitrogens with two attached hydrogens (primary N) is 1. The third kappa shape index (κ3) is 4.27.